The summed E-state index contributed by atoms with van der Waals surface area (Å²) in [6.45, 7) is 1.78. The number of amides is 3. The lowest BCUT2D eigenvalue weighted by Gasteiger charge is -2.53. The molecule has 3 aliphatic rings. The number of benzene rings is 2. The van der Waals surface area contributed by atoms with Gasteiger partial charge in [-0.05, 0) is 68.2 Å². The second-order valence-corrected chi connectivity index (χ2v) is 10.8. The lowest BCUT2D eigenvalue weighted by molar-refractivity contribution is -0.124. The molecule has 2 aromatic rings. The number of nitrogens with one attached hydrogen (secondary N) is 2. The molecule has 3 amide bonds. The molecule has 2 N–H and O–H groups in total. The maximum atomic E-state index is 14.5. The Labute approximate surface area is 221 Å². The van der Waals surface area contributed by atoms with Crippen molar-refractivity contribution in [2.75, 3.05) is 26.8 Å². The van der Waals surface area contributed by atoms with Crippen molar-refractivity contribution in [1.82, 2.24) is 15.5 Å². The summed E-state index contributed by atoms with van der Waals surface area (Å²) in [5.74, 6) is -0.222. The average molecular weight is 524 g/mol. The second-order valence-electron chi connectivity index (χ2n) is 10.8. The van der Waals surface area contributed by atoms with Crippen molar-refractivity contribution in [2.24, 2.45) is 11.3 Å². The number of nitrogens with zero attached hydrogens (tertiary/aromatic N) is 1. The predicted molar refractivity (Wildman–Crippen MR) is 138 cm³/mol. The topological polar surface area (TPSA) is 97.0 Å². The van der Waals surface area contributed by atoms with Crippen LogP contribution in [0.2, 0.25) is 0 Å². The quantitative estimate of drug-likeness (QED) is 0.540. The maximum absolute atomic E-state index is 14.5. The molecule has 1 atom stereocenters. The molecule has 202 valence electrons. The van der Waals surface area contributed by atoms with Gasteiger partial charge < -0.3 is 25.0 Å². The van der Waals surface area contributed by atoms with Gasteiger partial charge in [-0.1, -0.05) is 30.3 Å². The third-order valence-corrected chi connectivity index (χ3v) is 7.93. The minimum atomic E-state index is -0.845. The smallest absolute Gasteiger partial charge is 0.407 e. The van der Waals surface area contributed by atoms with Gasteiger partial charge in [-0.2, -0.15) is 0 Å². The van der Waals surface area contributed by atoms with Gasteiger partial charge in [0.2, 0.25) is 5.91 Å². The molecule has 8 nitrogen and oxygen atoms in total. The molecule has 5 rings (SSSR count). The normalized spacial score (nSPS) is 19.3. The minimum Gasteiger partial charge on any atom is -0.490 e. The Hall–Kier alpha value is -3.62. The van der Waals surface area contributed by atoms with Crippen LogP contribution in [0.5, 0.6) is 5.75 Å². The van der Waals surface area contributed by atoms with E-state index in [4.69, 9.17) is 9.47 Å². The number of alkyl carbamates (subject to hydrolysis) is 1. The molecule has 38 heavy (non-hydrogen) atoms. The van der Waals surface area contributed by atoms with Crippen LogP contribution in [0, 0.1) is 17.2 Å². The van der Waals surface area contributed by atoms with Gasteiger partial charge in [-0.3, -0.25) is 9.59 Å². The molecule has 1 spiro atoms. The summed E-state index contributed by atoms with van der Waals surface area (Å²) in [7, 11) is 1.26. The standard InChI is InChI=1S/C29H34FN3O5/c1-37-28(36)32-25(20-5-3-2-4-6-20)26(34)31-22-11-13-29(14-12-22)17-33(18-29)27(35)21-9-10-24(23(30)15-21)38-16-19-7-8-19/h2-6,9-10,15,19,22,25H,7-8,11-14,16-18H2,1H3,(H,31,34)(H,32,36)/t25-/m1/s1. The molecule has 0 aromatic heterocycles. The predicted octanol–water partition coefficient (Wildman–Crippen LogP) is 4.21. The van der Waals surface area contributed by atoms with Crippen LogP contribution in [-0.2, 0) is 9.53 Å². The lowest BCUT2D eigenvalue weighted by Crippen LogP contribution is -2.60. The summed E-state index contributed by atoms with van der Waals surface area (Å²) < 4.78 is 24.7. The number of halogens is 1. The van der Waals surface area contributed by atoms with Crippen molar-refractivity contribution in [3.05, 3.63) is 65.5 Å². The fourth-order valence-electron chi connectivity index (χ4n) is 5.43. The maximum Gasteiger partial charge on any atom is 0.407 e. The van der Waals surface area contributed by atoms with Crippen LogP contribution >= 0.6 is 0 Å². The first-order valence-electron chi connectivity index (χ1n) is 13.3. The van der Waals surface area contributed by atoms with Crippen molar-refractivity contribution in [1.29, 1.82) is 0 Å². The summed E-state index contributed by atoms with van der Waals surface area (Å²) in [5.41, 5.74) is 1.04. The summed E-state index contributed by atoms with van der Waals surface area (Å²) in [6, 6.07) is 12.6. The SMILES string of the molecule is COC(=O)N[C@@H](C(=O)NC1CCC2(CC1)CN(C(=O)c1ccc(OCC3CC3)c(F)c1)C2)c1ccccc1. The van der Waals surface area contributed by atoms with Crippen LogP contribution in [0.1, 0.15) is 60.5 Å². The Kier molecular flexibility index (Phi) is 7.53. The lowest BCUT2D eigenvalue weighted by atomic mass is 9.67. The summed E-state index contributed by atoms with van der Waals surface area (Å²) in [5, 5.41) is 5.70. The molecule has 2 aliphatic carbocycles. The zero-order valence-electron chi connectivity index (χ0n) is 21.6. The number of hydrogen-bond acceptors (Lipinski definition) is 5. The average Bonchev–Trinajstić information content (AvgIpc) is 3.75. The van der Waals surface area contributed by atoms with Gasteiger partial charge in [0.25, 0.3) is 5.91 Å². The largest absolute Gasteiger partial charge is 0.490 e. The third-order valence-electron chi connectivity index (χ3n) is 7.93. The van der Waals surface area contributed by atoms with Crippen LogP contribution in [0.25, 0.3) is 0 Å². The Morgan fingerprint density at radius 1 is 1.05 bits per heavy atom. The Morgan fingerprint density at radius 3 is 2.39 bits per heavy atom. The zero-order valence-corrected chi connectivity index (χ0v) is 21.6. The van der Waals surface area contributed by atoms with E-state index in [0.29, 0.717) is 36.7 Å². The van der Waals surface area contributed by atoms with Crippen LogP contribution in [0.4, 0.5) is 9.18 Å². The zero-order chi connectivity index (χ0) is 26.7. The first-order chi connectivity index (χ1) is 18.4. The highest BCUT2D eigenvalue weighted by Crippen LogP contribution is 2.44. The molecule has 3 fully saturated rings. The molecular weight excluding hydrogens is 489 g/mol. The second kappa shape index (κ2) is 11.0. The molecule has 1 heterocycles. The monoisotopic (exact) mass is 523 g/mol. The van der Waals surface area contributed by atoms with Gasteiger partial charge in [0.05, 0.1) is 13.7 Å². The van der Waals surface area contributed by atoms with Crippen molar-refractivity contribution in [3.8, 4) is 5.75 Å². The Balaban J connectivity index is 1.11. The molecule has 0 bridgehead atoms. The van der Waals surface area contributed by atoms with Gasteiger partial charge in [0, 0.05) is 30.1 Å². The van der Waals surface area contributed by atoms with E-state index in [9.17, 15) is 18.8 Å². The highest BCUT2D eigenvalue weighted by molar-refractivity contribution is 5.95. The molecule has 1 aliphatic heterocycles. The van der Waals surface area contributed by atoms with E-state index in [1.165, 1.54) is 13.2 Å². The van der Waals surface area contributed by atoms with Crippen molar-refractivity contribution >= 4 is 17.9 Å². The van der Waals surface area contributed by atoms with Crippen LogP contribution in [0.3, 0.4) is 0 Å². The van der Waals surface area contributed by atoms with Gasteiger partial charge >= 0.3 is 6.09 Å². The Morgan fingerprint density at radius 2 is 1.76 bits per heavy atom. The van der Waals surface area contributed by atoms with Gasteiger partial charge in [0.1, 0.15) is 6.04 Å². The number of likely N-dealkylation sites (tertiary alicyclic amines) is 1. The third kappa shape index (κ3) is 5.92. The van der Waals surface area contributed by atoms with Crippen LogP contribution < -0.4 is 15.4 Å². The molecule has 2 aromatic carbocycles. The van der Waals surface area contributed by atoms with Crippen molar-refractivity contribution in [2.45, 2.75) is 50.6 Å². The van der Waals surface area contributed by atoms with E-state index in [1.54, 1.807) is 29.2 Å². The fourth-order valence-corrected chi connectivity index (χ4v) is 5.43. The van der Waals surface area contributed by atoms with E-state index in [0.717, 1.165) is 38.5 Å². The van der Waals surface area contributed by atoms with E-state index in [2.05, 4.69) is 10.6 Å². The first-order valence-corrected chi connectivity index (χ1v) is 13.3. The fraction of sp³-hybridized carbons (Fsp3) is 0.483. The molecule has 0 unspecified atom stereocenters. The van der Waals surface area contributed by atoms with Crippen molar-refractivity contribution < 1.29 is 28.2 Å². The highest BCUT2D eigenvalue weighted by Gasteiger charge is 2.47. The number of ether oxygens (including phenoxy) is 2. The highest BCUT2D eigenvalue weighted by atomic mass is 19.1. The number of rotatable bonds is 8. The molecule has 1 saturated heterocycles. The number of carbonyl (C=O) groups excluding carboxylic acids is 3. The van der Waals surface area contributed by atoms with E-state index in [-0.39, 0.29) is 29.0 Å². The summed E-state index contributed by atoms with van der Waals surface area (Å²) in [4.78, 5) is 39.6. The Bertz CT molecular complexity index is 1170. The van der Waals surface area contributed by atoms with Gasteiger partial charge in [0.15, 0.2) is 11.6 Å². The minimum absolute atomic E-state index is 0.0131. The van der Waals surface area contributed by atoms with E-state index in [1.807, 2.05) is 18.2 Å². The number of carbonyl (C=O) groups is 3. The van der Waals surface area contributed by atoms with E-state index >= 15 is 0 Å². The summed E-state index contributed by atoms with van der Waals surface area (Å²) in [6.07, 6.45) is 4.92. The van der Waals surface area contributed by atoms with Crippen LogP contribution in [-0.4, -0.2) is 55.7 Å². The van der Waals surface area contributed by atoms with Gasteiger partial charge in [-0.15, -0.1) is 0 Å². The first kappa shape index (κ1) is 26.0. The molecule has 0 radical (unpaired) electrons. The van der Waals surface area contributed by atoms with Crippen LogP contribution in [0.15, 0.2) is 48.5 Å². The summed E-state index contributed by atoms with van der Waals surface area (Å²) >= 11 is 0. The molecule has 2 saturated carbocycles. The number of methoxy groups -OCH3 is 1. The molecule has 9 heteroatoms. The van der Waals surface area contributed by atoms with Crippen molar-refractivity contribution in [3.63, 3.8) is 0 Å². The van der Waals surface area contributed by atoms with Gasteiger partial charge in [-0.25, -0.2) is 9.18 Å². The van der Waals surface area contributed by atoms with E-state index < -0.39 is 18.0 Å². The molecular formula is C29H34FN3O5. The number of hydrogen-bond donors (Lipinski definition) is 2.